The highest BCUT2D eigenvalue weighted by Gasteiger charge is 2.45. The predicted octanol–water partition coefficient (Wildman–Crippen LogP) is 17.5. The van der Waals surface area contributed by atoms with Gasteiger partial charge in [-0.25, -0.2) is 0 Å². The van der Waals surface area contributed by atoms with Gasteiger partial charge in [0.2, 0.25) is 0 Å². The average Bonchev–Trinajstić information content (AvgIpc) is 3.91. The van der Waals surface area contributed by atoms with Crippen LogP contribution in [-0.4, -0.2) is 0 Å². The lowest BCUT2D eigenvalue weighted by Gasteiger charge is -2.34. The molecule has 0 fully saturated rings. The highest BCUT2D eigenvalue weighted by molar-refractivity contribution is 7.25. The van der Waals surface area contributed by atoms with E-state index in [-0.39, 0.29) is 0 Å². The third kappa shape index (κ3) is 5.92. The molecule has 1 heterocycles. The number of fused-ring (bicyclic) bond motifs is 9. The Labute approximate surface area is 382 Å². The third-order valence-corrected chi connectivity index (χ3v) is 14.9. The maximum Gasteiger partial charge on any atom is 0.0713 e. The van der Waals surface area contributed by atoms with Crippen LogP contribution in [0.25, 0.3) is 75.1 Å². The third-order valence-electron chi connectivity index (χ3n) is 13.7. The van der Waals surface area contributed by atoms with E-state index in [0.717, 1.165) is 17.1 Å². The van der Waals surface area contributed by atoms with Crippen molar-refractivity contribution < 1.29 is 0 Å². The Morgan fingerprint density at radius 2 is 0.846 bits per heavy atom. The Hall–Kier alpha value is -8.04. The molecular weight excluding hydrogens is 803 g/mol. The van der Waals surface area contributed by atoms with Crippen LogP contribution in [0.4, 0.5) is 17.1 Å². The van der Waals surface area contributed by atoms with Crippen molar-refractivity contribution in [3.63, 3.8) is 0 Å². The van der Waals surface area contributed by atoms with Crippen molar-refractivity contribution in [2.24, 2.45) is 0 Å². The molecular formula is C63H41NS. The molecule has 0 radical (unpaired) electrons. The van der Waals surface area contributed by atoms with Crippen LogP contribution in [0.5, 0.6) is 0 Å². The van der Waals surface area contributed by atoms with Crippen molar-refractivity contribution in [2.75, 3.05) is 4.90 Å². The van der Waals surface area contributed by atoms with Crippen LogP contribution < -0.4 is 4.90 Å². The predicted molar refractivity (Wildman–Crippen MR) is 277 cm³/mol. The normalized spacial score (nSPS) is 12.7. The Bertz CT molecular complexity index is 3720. The fraction of sp³-hybridized carbons (Fsp3) is 0.0159. The minimum atomic E-state index is -0.466. The fourth-order valence-electron chi connectivity index (χ4n) is 10.8. The molecule has 0 saturated carbocycles. The van der Waals surface area contributed by atoms with Crippen molar-refractivity contribution in [1.29, 1.82) is 0 Å². The van der Waals surface area contributed by atoms with E-state index in [0.29, 0.717) is 0 Å². The largest absolute Gasteiger partial charge is 0.310 e. The molecule has 11 aromatic carbocycles. The first-order chi connectivity index (χ1) is 32.2. The van der Waals surface area contributed by atoms with Crippen molar-refractivity contribution in [1.82, 2.24) is 0 Å². The van der Waals surface area contributed by atoms with Gasteiger partial charge in [-0.05, 0) is 138 Å². The van der Waals surface area contributed by atoms with E-state index in [9.17, 15) is 0 Å². The quantitative estimate of drug-likeness (QED) is 0.145. The molecule has 0 unspecified atom stereocenters. The Kier molecular flexibility index (Phi) is 8.69. The number of rotatable bonds is 7. The van der Waals surface area contributed by atoms with Crippen LogP contribution in [0.3, 0.4) is 0 Å². The summed E-state index contributed by atoms with van der Waals surface area (Å²) < 4.78 is 2.63. The smallest absolute Gasteiger partial charge is 0.0713 e. The van der Waals surface area contributed by atoms with Gasteiger partial charge in [-0.1, -0.05) is 188 Å². The van der Waals surface area contributed by atoms with Gasteiger partial charge < -0.3 is 4.90 Å². The van der Waals surface area contributed by atoms with E-state index in [1.807, 2.05) is 11.3 Å². The molecule has 13 rings (SSSR count). The summed E-state index contributed by atoms with van der Waals surface area (Å²) in [4.78, 5) is 2.42. The van der Waals surface area contributed by atoms with E-state index in [2.05, 4.69) is 254 Å². The van der Waals surface area contributed by atoms with Crippen LogP contribution in [0, 0.1) is 0 Å². The van der Waals surface area contributed by atoms with Gasteiger partial charge in [0.15, 0.2) is 0 Å². The zero-order valence-electron chi connectivity index (χ0n) is 35.5. The van der Waals surface area contributed by atoms with Crippen molar-refractivity contribution >= 4 is 70.1 Å². The number of hydrogen-bond donors (Lipinski definition) is 0. The van der Waals surface area contributed by atoms with Crippen LogP contribution in [-0.2, 0) is 5.41 Å². The van der Waals surface area contributed by atoms with Crippen molar-refractivity contribution in [3.8, 4) is 33.4 Å². The second-order valence-electron chi connectivity index (χ2n) is 17.2. The van der Waals surface area contributed by atoms with Gasteiger partial charge in [-0.3, -0.25) is 0 Å². The molecule has 1 aliphatic rings. The summed E-state index contributed by atoms with van der Waals surface area (Å²) in [5.41, 5.74) is 15.4. The molecule has 0 aliphatic heterocycles. The van der Waals surface area contributed by atoms with Gasteiger partial charge in [0.25, 0.3) is 0 Å². The summed E-state index contributed by atoms with van der Waals surface area (Å²) in [6.07, 6.45) is 0. The molecule has 0 spiro atoms. The average molecular weight is 844 g/mol. The summed E-state index contributed by atoms with van der Waals surface area (Å²) in [5.74, 6) is 0. The topological polar surface area (TPSA) is 3.24 Å². The Balaban J connectivity index is 0.971. The van der Waals surface area contributed by atoms with Crippen molar-refractivity contribution in [2.45, 2.75) is 5.41 Å². The molecule has 2 heteroatoms. The molecule has 1 nitrogen and oxygen atoms in total. The van der Waals surface area contributed by atoms with Crippen LogP contribution in [0.15, 0.2) is 249 Å². The maximum atomic E-state index is 2.42. The van der Waals surface area contributed by atoms with E-state index in [1.54, 1.807) is 0 Å². The molecule has 0 amide bonds. The second kappa shape index (κ2) is 15.1. The molecule has 12 aromatic rings. The standard InChI is InChI=1S/C63H41NS/c1-2-17-46(18-3-1)63(59-26-11-8-23-54(59)55-24-9-12-27-60(55)63)47-32-36-49(37-33-47)64(50-19-14-16-43(39-50)44-31-38-62-58(40-44)56-25-10-13-28-61(56)65-62)48-34-29-42(30-35-48)57-41-45-15-4-5-20-51(45)52-21-6-7-22-53(52)57/h1-41H. The molecule has 1 aromatic heterocycles. The van der Waals surface area contributed by atoms with E-state index in [1.165, 1.54) is 97.4 Å². The van der Waals surface area contributed by atoms with Gasteiger partial charge in [0.05, 0.1) is 5.41 Å². The highest BCUT2D eigenvalue weighted by Crippen LogP contribution is 2.56. The lowest BCUT2D eigenvalue weighted by molar-refractivity contribution is 0.768. The summed E-state index contributed by atoms with van der Waals surface area (Å²) in [7, 11) is 0. The number of benzene rings is 11. The van der Waals surface area contributed by atoms with Crippen LogP contribution in [0.2, 0.25) is 0 Å². The van der Waals surface area contributed by atoms with Crippen LogP contribution >= 0.6 is 11.3 Å². The Morgan fingerprint density at radius 3 is 1.60 bits per heavy atom. The van der Waals surface area contributed by atoms with Gasteiger partial charge in [0.1, 0.15) is 0 Å². The zero-order chi connectivity index (χ0) is 42.9. The number of hydrogen-bond acceptors (Lipinski definition) is 2. The summed E-state index contributed by atoms with van der Waals surface area (Å²) in [6, 6.07) is 92.1. The molecule has 0 N–H and O–H groups in total. The van der Waals surface area contributed by atoms with Gasteiger partial charge in [-0.15, -0.1) is 11.3 Å². The molecule has 0 bridgehead atoms. The number of thiophene rings is 1. The molecule has 65 heavy (non-hydrogen) atoms. The van der Waals surface area contributed by atoms with Crippen molar-refractivity contribution in [3.05, 3.63) is 271 Å². The molecule has 0 saturated heterocycles. The minimum absolute atomic E-state index is 0.466. The number of anilines is 3. The van der Waals surface area contributed by atoms with E-state index in [4.69, 9.17) is 0 Å². The van der Waals surface area contributed by atoms with E-state index < -0.39 is 5.41 Å². The summed E-state index contributed by atoms with van der Waals surface area (Å²) in [6.45, 7) is 0. The molecule has 304 valence electrons. The van der Waals surface area contributed by atoms with Crippen LogP contribution in [0.1, 0.15) is 22.3 Å². The van der Waals surface area contributed by atoms with Gasteiger partial charge in [-0.2, -0.15) is 0 Å². The molecule has 0 atom stereocenters. The summed E-state index contributed by atoms with van der Waals surface area (Å²) in [5, 5.41) is 7.68. The van der Waals surface area contributed by atoms with Gasteiger partial charge in [0, 0.05) is 37.2 Å². The first-order valence-electron chi connectivity index (χ1n) is 22.4. The zero-order valence-corrected chi connectivity index (χ0v) is 36.3. The van der Waals surface area contributed by atoms with Gasteiger partial charge >= 0.3 is 0 Å². The lowest BCUT2D eigenvalue weighted by Crippen LogP contribution is -2.28. The number of nitrogens with zero attached hydrogens (tertiary/aromatic N) is 1. The summed E-state index contributed by atoms with van der Waals surface area (Å²) >= 11 is 1.86. The lowest BCUT2D eigenvalue weighted by atomic mass is 9.68. The first-order valence-corrected chi connectivity index (χ1v) is 23.2. The SMILES string of the molecule is c1ccc(C2(c3ccc(N(c4ccc(-c5cc6ccccc6c6ccccc56)cc4)c4cccc(-c5ccc6sc7ccccc7c6c5)c4)cc3)c3ccccc3-c3ccccc32)cc1. The highest BCUT2D eigenvalue weighted by atomic mass is 32.1. The molecule has 1 aliphatic carbocycles. The van der Waals surface area contributed by atoms with E-state index >= 15 is 0 Å². The fourth-order valence-corrected chi connectivity index (χ4v) is 11.9. The second-order valence-corrected chi connectivity index (χ2v) is 18.3. The first kappa shape index (κ1) is 37.5. The minimum Gasteiger partial charge on any atom is -0.310 e. The monoisotopic (exact) mass is 843 g/mol. The Morgan fingerprint density at radius 1 is 0.292 bits per heavy atom. The maximum absolute atomic E-state index is 2.42.